The van der Waals surface area contributed by atoms with Crippen LogP contribution in [0.25, 0.3) is 22.0 Å². The highest BCUT2D eigenvalue weighted by molar-refractivity contribution is 6.36. The highest BCUT2D eigenvalue weighted by atomic mass is 35.5. The van der Waals surface area contributed by atoms with Crippen LogP contribution in [0.1, 0.15) is 49.2 Å². The zero-order chi connectivity index (χ0) is 25.2. The fourth-order valence-corrected chi connectivity index (χ4v) is 5.55. The van der Waals surface area contributed by atoms with E-state index in [1.807, 2.05) is 36.4 Å². The number of benzene rings is 3. The number of aromatic nitrogens is 1. The number of hydrogen-bond donors (Lipinski definition) is 1. The molecule has 0 spiro atoms. The number of carbonyl (C=O) groups is 1. The minimum absolute atomic E-state index is 0.166. The molecule has 1 amide bonds. The van der Waals surface area contributed by atoms with Crippen molar-refractivity contribution in [1.82, 2.24) is 9.88 Å². The Morgan fingerprint density at radius 1 is 0.944 bits per heavy atom. The predicted molar refractivity (Wildman–Crippen MR) is 150 cm³/mol. The van der Waals surface area contributed by atoms with Gasteiger partial charge < -0.3 is 5.32 Å². The maximum Gasteiger partial charge on any atom is 0.255 e. The van der Waals surface area contributed by atoms with E-state index in [-0.39, 0.29) is 5.91 Å². The van der Waals surface area contributed by atoms with Crippen LogP contribution in [0.4, 0.5) is 5.69 Å². The molecule has 3 aromatic carbocycles. The number of anilines is 1. The molecule has 0 saturated carbocycles. The molecule has 1 aliphatic heterocycles. The highest BCUT2D eigenvalue weighted by Crippen LogP contribution is 2.31. The molecule has 1 aliphatic rings. The summed E-state index contributed by atoms with van der Waals surface area (Å²) in [5, 5.41) is 5.17. The lowest BCUT2D eigenvalue weighted by molar-refractivity contribution is 0.0939. The van der Waals surface area contributed by atoms with Gasteiger partial charge in [-0.25, -0.2) is 0 Å². The van der Waals surface area contributed by atoms with Crippen LogP contribution < -0.4 is 5.32 Å². The van der Waals surface area contributed by atoms with Crippen LogP contribution in [0.2, 0.25) is 10.0 Å². The maximum absolute atomic E-state index is 12.9. The standard InChI is InChI=1S/C30H29Cl2N3O/c1-19-4-3-5-20(2)35(19)18-26-12-10-23-16-25(13-15-29(23)33-26)34-30(36)22-8-6-21(7-9-22)27-14-11-24(31)17-28(27)32/h6-17,19-20H,3-5,18H2,1-2H3,(H,34,36). The summed E-state index contributed by atoms with van der Waals surface area (Å²) in [4.78, 5) is 20.3. The number of amides is 1. The quantitative estimate of drug-likeness (QED) is 0.290. The number of fused-ring (bicyclic) bond motifs is 1. The van der Waals surface area contributed by atoms with Crippen molar-refractivity contribution in [2.24, 2.45) is 0 Å². The first-order valence-electron chi connectivity index (χ1n) is 12.4. The van der Waals surface area contributed by atoms with Gasteiger partial charge in [-0.15, -0.1) is 0 Å². The Hall–Kier alpha value is -2.92. The Kier molecular flexibility index (Phi) is 7.29. The Balaban J connectivity index is 1.28. The normalized spacial score (nSPS) is 18.3. The summed E-state index contributed by atoms with van der Waals surface area (Å²) in [7, 11) is 0. The molecule has 184 valence electrons. The van der Waals surface area contributed by atoms with Crippen molar-refractivity contribution in [3.05, 3.63) is 94.1 Å². The van der Waals surface area contributed by atoms with Crippen molar-refractivity contribution in [2.45, 2.75) is 51.7 Å². The van der Waals surface area contributed by atoms with Gasteiger partial charge >= 0.3 is 0 Å². The van der Waals surface area contributed by atoms with Crippen LogP contribution in [0.15, 0.2) is 72.8 Å². The lowest BCUT2D eigenvalue weighted by Gasteiger charge is -2.38. The number of halogens is 2. The van der Waals surface area contributed by atoms with Crippen LogP contribution in [0.3, 0.4) is 0 Å². The van der Waals surface area contributed by atoms with Gasteiger partial charge in [-0.05, 0) is 80.8 Å². The first-order valence-corrected chi connectivity index (χ1v) is 13.2. The molecule has 4 aromatic rings. The van der Waals surface area contributed by atoms with Crippen molar-refractivity contribution < 1.29 is 4.79 Å². The number of piperidine rings is 1. The zero-order valence-electron chi connectivity index (χ0n) is 20.5. The van der Waals surface area contributed by atoms with E-state index in [4.69, 9.17) is 28.2 Å². The summed E-state index contributed by atoms with van der Waals surface area (Å²) in [6, 6.07) is 24.0. The molecule has 1 saturated heterocycles. The van der Waals surface area contributed by atoms with Crippen LogP contribution in [0, 0.1) is 0 Å². The Morgan fingerprint density at radius 3 is 2.42 bits per heavy atom. The van der Waals surface area contributed by atoms with Crippen LogP contribution in [0.5, 0.6) is 0 Å². The molecule has 1 fully saturated rings. The number of rotatable bonds is 5. The summed E-state index contributed by atoms with van der Waals surface area (Å²) in [6.45, 7) is 5.49. The SMILES string of the molecule is CC1CCCC(C)N1Cc1ccc2cc(NC(=O)c3ccc(-c4ccc(Cl)cc4Cl)cc3)ccc2n1. The lowest BCUT2D eigenvalue weighted by Crippen LogP contribution is -2.43. The molecule has 2 heterocycles. The first kappa shape index (κ1) is 24.8. The smallest absolute Gasteiger partial charge is 0.255 e. The topological polar surface area (TPSA) is 45.2 Å². The highest BCUT2D eigenvalue weighted by Gasteiger charge is 2.24. The third kappa shape index (κ3) is 5.41. The summed E-state index contributed by atoms with van der Waals surface area (Å²) in [6.07, 6.45) is 3.80. The molecule has 1 N–H and O–H groups in total. The average molecular weight is 518 g/mol. The third-order valence-corrected chi connectivity index (χ3v) is 7.66. The Morgan fingerprint density at radius 2 is 1.69 bits per heavy atom. The monoisotopic (exact) mass is 517 g/mol. The van der Waals surface area contributed by atoms with Crippen molar-refractivity contribution in [3.63, 3.8) is 0 Å². The molecule has 0 bridgehead atoms. The van der Waals surface area contributed by atoms with Gasteiger partial charge in [0.1, 0.15) is 0 Å². The van der Waals surface area contributed by atoms with Gasteiger partial charge in [-0.3, -0.25) is 14.7 Å². The van der Waals surface area contributed by atoms with Crippen LogP contribution >= 0.6 is 23.2 Å². The average Bonchev–Trinajstić information content (AvgIpc) is 2.86. The van der Waals surface area contributed by atoms with E-state index in [0.717, 1.165) is 40.0 Å². The molecule has 4 nitrogen and oxygen atoms in total. The second-order valence-electron chi connectivity index (χ2n) is 9.67. The Labute approximate surface area is 222 Å². The van der Waals surface area contributed by atoms with E-state index in [0.29, 0.717) is 27.7 Å². The van der Waals surface area contributed by atoms with E-state index >= 15 is 0 Å². The Bertz CT molecular complexity index is 1390. The molecule has 1 aromatic heterocycles. The van der Waals surface area contributed by atoms with Crippen molar-refractivity contribution in [2.75, 3.05) is 5.32 Å². The number of nitrogens with one attached hydrogen (secondary N) is 1. The molecule has 36 heavy (non-hydrogen) atoms. The first-order chi connectivity index (χ1) is 17.4. The fourth-order valence-electron chi connectivity index (χ4n) is 5.04. The van der Waals surface area contributed by atoms with Crippen molar-refractivity contribution in [3.8, 4) is 11.1 Å². The van der Waals surface area contributed by atoms with Gasteiger partial charge in [-0.2, -0.15) is 0 Å². The molecule has 0 aliphatic carbocycles. The van der Waals surface area contributed by atoms with Gasteiger partial charge in [-0.1, -0.05) is 53.9 Å². The van der Waals surface area contributed by atoms with E-state index in [9.17, 15) is 4.79 Å². The third-order valence-electron chi connectivity index (χ3n) is 7.11. The van der Waals surface area contributed by atoms with Gasteiger partial charge in [0.25, 0.3) is 5.91 Å². The minimum atomic E-state index is -0.166. The second kappa shape index (κ2) is 10.6. The van der Waals surface area contributed by atoms with E-state index in [2.05, 4.69) is 36.2 Å². The van der Waals surface area contributed by atoms with Gasteiger partial charge in [0.2, 0.25) is 0 Å². The maximum atomic E-state index is 12.9. The van der Waals surface area contributed by atoms with Crippen molar-refractivity contribution >= 4 is 45.7 Å². The largest absolute Gasteiger partial charge is 0.322 e. The van der Waals surface area contributed by atoms with Crippen molar-refractivity contribution in [1.29, 1.82) is 0 Å². The predicted octanol–water partition coefficient (Wildman–Crippen LogP) is 8.22. The molecule has 6 heteroatoms. The number of likely N-dealkylation sites (tertiary alicyclic amines) is 1. The molecular weight excluding hydrogens is 489 g/mol. The molecule has 2 unspecified atom stereocenters. The van der Waals surface area contributed by atoms with E-state index in [1.54, 1.807) is 24.3 Å². The number of nitrogens with zero attached hydrogens (tertiary/aromatic N) is 2. The minimum Gasteiger partial charge on any atom is -0.322 e. The fraction of sp³-hybridized carbons (Fsp3) is 0.267. The van der Waals surface area contributed by atoms with Crippen LogP contribution in [-0.2, 0) is 6.54 Å². The summed E-state index contributed by atoms with van der Waals surface area (Å²) in [5.74, 6) is -0.166. The molecule has 0 radical (unpaired) electrons. The summed E-state index contributed by atoms with van der Waals surface area (Å²) >= 11 is 12.3. The molecule has 2 atom stereocenters. The number of carbonyl (C=O) groups excluding carboxylic acids is 1. The second-order valence-corrected chi connectivity index (χ2v) is 10.5. The lowest BCUT2D eigenvalue weighted by atomic mass is 9.97. The molecular formula is C30H29Cl2N3O. The van der Waals surface area contributed by atoms with Gasteiger partial charge in [0.05, 0.1) is 11.2 Å². The zero-order valence-corrected chi connectivity index (χ0v) is 22.0. The summed E-state index contributed by atoms with van der Waals surface area (Å²) in [5.41, 5.74) is 5.13. The molecule has 5 rings (SSSR count). The number of hydrogen-bond acceptors (Lipinski definition) is 3. The van der Waals surface area contributed by atoms with E-state index < -0.39 is 0 Å². The van der Waals surface area contributed by atoms with Gasteiger partial charge in [0.15, 0.2) is 0 Å². The van der Waals surface area contributed by atoms with Crippen LogP contribution in [-0.4, -0.2) is 27.9 Å². The van der Waals surface area contributed by atoms with E-state index in [1.165, 1.54) is 19.3 Å². The summed E-state index contributed by atoms with van der Waals surface area (Å²) < 4.78 is 0. The number of pyridine rings is 1. The van der Waals surface area contributed by atoms with Gasteiger partial charge in [0, 0.05) is 50.9 Å².